The Kier molecular flexibility index (Phi) is 4.24. The van der Waals surface area contributed by atoms with Crippen LogP contribution in [-0.2, 0) is 0 Å². The number of amides is 1. The molecule has 22 heavy (non-hydrogen) atoms. The van der Waals surface area contributed by atoms with Crippen LogP contribution in [0.1, 0.15) is 23.9 Å². The van der Waals surface area contributed by atoms with Crippen LogP contribution >= 0.6 is 0 Å². The molecule has 0 aliphatic carbocycles. The van der Waals surface area contributed by atoms with Crippen LogP contribution in [0, 0.1) is 11.7 Å². The number of benzene rings is 1. The highest BCUT2D eigenvalue weighted by Crippen LogP contribution is 2.22. The molecule has 1 saturated heterocycles. The first-order valence-corrected chi connectivity index (χ1v) is 7.51. The minimum absolute atomic E-state index is 0.112. The number of carbonyl (C=O) groups is 1. The Morgan fingerprint density at radius 1 is 1.27 bits per heavy atom. The zero-order valence-electron chi connectivity index (χ0n) is 12.4. The maximum Gasteiger partial charge on any atom is 0.287 e. The first-order chi connectivity index (χ1) is 10.6. The predicted octanol–water partition coefficient (Wildman–Crippen LogP) is 2.81. The van der Waals surface area contributed by atoms with E-state index in [2.05, 4.69) is 17.6 Å². The second-order valence-electron chi connectivity index (χ2n) is 5.72. The van der Waals surface area contributed by atoms with Gasteiger partial charge >= 0.3 is 0 Å². The molecule has 2 heterocycles. The van der Waals surface area contributed by atoms with Gasteiger partial charge in [0.15, 0.2) is 5.76 Å². The first kappa shape index (κ1) is 14.8. The molecule has 1 aliphatic rings. The molecule has 2 unspecified atom stereocenters. The minimum Gasteiger partial charge on any atom is -0.451 e. The van der Waals surface area contributed by atoms with Gasteiger partial charge in [-0.15, -0.1) is 0 Å². The number of halogens is 1. The number of furan rings is 1. The summed E-state index contributed by atoms with van der Waals surface area (Å²) in [6.07, 6.45) is 1.05. The summed E-state index contributed by atoms with van der Waals surface area (Å²) in [6, 6.07) is 9.48. The summed E-state index contributed by atoms with van der Waals surface area (Å²) < 4.78 is 18.5. The second-order valence-corrected chi connectivity index (χ2v) is 5.72. The highest BCUT2D eigenvalue weighted by molar-refractivity contribution is 5.92. The normalized spacial score (nSPS) is 21.5. The van der Waals surface area contributed by atoms with Gasteiger partial charge in [-0.1, -0.05) is 6.92 Å². The molecule has 0 spiro atoms. The third-order valence-electron chi connectivity index (χ3n) is 4.10. The Balaban J connectivity index is 1.70. The molecule has 0 bridgehead atoms. The van der Waals surface area contributed by atoms with Crippen LogP contribution in [-0.4, -0.2) is 25.0 Å². The molecule has 0 saturated carbocycles. The average molecular weight is 302 g/mol. The van der Waals surface area contributed by atoms with E-state index in [9.17, 15) is 9.18 Å². The van der Waals surface area contributed by atoms with Crippen molar-refractivity contribution in [3.8, 4) is 11.3 Å². The maximum absolute atomic E-state index is 12.9. The van der Waals surface area contributed by atoms with Crippen molar-refractivity contribution in [2.24, 2.45) is 5.92 Å². The average Bonchev–Trinajstić information content (AvgIpc) is 3.00. The quantitative estimate of drug-likeness (QED) is 0.916. The monoisotopic (exact) mass is 302 g/mol. The predicted molar refractivity (Wildman–Crippen MR) is 82.0 cm³/mol. The Hall–Kier alpha value is -2.14. The van der Waals surface area contributed by atoms with Gasteiger partial charge in [0.05, 0.1) is 0 Å². The van der Waals surface area contributed by atoms with Crippen molar-refractivity contribution in [1.82, 2.24) is 10.6 Å². The van der Waals surface area contributed by atoms with E-state index in [1.54, 1.807) is 24.3 Å². The summed E-state index contributed by atoms with van der Waals surface area (Å²) >= 11 is 0. The smallest absolute Gasteiger partial charge is 0.287 e. The maximum atomic E-state index is 12.9. The third kappa shape index (κ3) is 3.20. The van der Waals surface area contributed by atoms with Gasteiger partial charge in [-0.25, -0.2) is 4.39 Å². The molecule has 4 nitrogen and oxygen atoms in total. The van der Waals surface area contributed by atoms with Gasteiger partial charge in [0.1, 0.15) is 11.6 Å². The third-order valence-corrected chi connectivity index (χ3v) is 4.10. The Labute approximate surface area is 128 Å². The largest absolute Gasteiger partial charge is 0.451 e. The summed E-state index contributed by atoms with van der Waals surface area (Å²) in [6.45, 7) is 3.90. The van der Waals surface area contributed by atoms with E-state index in [4.69, 9.17) is 4.42 Å². The molecular weight excluding hydrogens is 283 g/mol. The number of rotatable bonds is 3. The summed E-state index contributed by atoms with van der Waals surface area (Å²) in [5.41, 5.74) is 0.744. The second kappa shape index (κ2) is 6.32. The fourth-order valence-corrected chi connectivity index (χ4v) is 2.65. The molecule has 2 atom stereocenters. The molecule has 3 rings (SSSR count). The molecule has 1 aliphatic heterocycles. The molecule has 2 aromatic rings. The lowest BCUT2D eigenvalue weighted by Gasteiger charge is -2.29. The van der Waals surface area contributed by atoms with Crippen molar-refractivity contribution in [2.45, 2.75) is 19.4 Å². The van der Waals surface area contributed by atoms with Gasteiger partial charge in [-0.2, -0.15) is 0 Å². The fraction of sp³-hybridized carbons (Fsp3) is 0.353. The fourth-order valence-electron chi connectivity index (χ4n) is 2.65. The van der Waals surface area contributed by atoms with Crippen LogP contribution in [0.25, 0.3) is 11.3 Å². The lowest BCUT2D eigenvalue weighted by atomic mass is 9.95. The summed E-state index contributed by atoms with van der Waals surface area (Å²) in [5, 5.41) is 6.28. The molecule has 0 radical (unpaired) electrons. The minimum atomic E-state index is -0.299. The lowest BCUT2D eigenvalue weighted by molar-refractivity contribution is 0.0888. The molecule has 116 valence electrons. The highest BCUT2D eigenvalue weighted by Gasteiger charge is 2.24. The van der Waals surface area contributed by atoms with Crippen LogP contribution in [0.5, 0.6) is 0 Å². The lowest BCUT2D eigenvalue weighted by Crippen LogP contribution is -2.50. The molecule has 1 aromatic heterocycles. The van der Waals surface area contributed by atoms with E-state index in [0.29, 0.717) is 11.7 Å². The molecule has 1 fully saturated rings. The van der Waals surface area contributed by atoms with Crippen molar-refractivity contribution < 1.29 is 13.6 Å². The van der Waals surface area contributed by atoms with Crippen molar-refractivity contribution >= 4 is 5.91 Å². The number of hydrogen-bond donors (Lipinski definition) is 2. The topological polar surface area (TPSA) is 54.3 Å². The van der Waals surface area contributed by atoms with E-state index in [0.717, 1.165) is 25.1 Å². The van der Waals surface area contributed by atoms with Crippen LogP contribution in [0.4, 0.5) is 4.39 Å². The zero-order chi connectivity index (χ0) is 15.5. The van der Waals surface area contributed by atoms with E-state index in [-0.39, 0.29) is 23.5 Å². The van der Waals surface area contributed by atoms with E-state index < -0.39 is 0 Å². The van der Waals surface area contributed by atoms with Gasteiger partial charge < -0.3 is 15.1 Å². The van der Waals surface area contributed by atoms with Crippen LogP contribution in [0.15, 0.2) is 40.8 Å². The molecule has 2 N–H and O–H groups in total. The number of piperidine rings is 1. The van der Waals surface area contributed by atoms with Gasteiger partial charge in [-0.05, 0) is 55.3 Å². The Morgan fingerprint density at radius 3 is 2.77 bits per heavy atom. The number of nitrogens with one attached hydrogen (secondary N) is 2. The Morgan fingerprint density at radius 2 is 2.05 bits per heavy atom. The van der Waals surface area contributed by atoms with Crippen molar-refractivity contribution in [3.05, 3.63) is 48.0 Å². The Bertz CT molecular complexity index is 651. The van der Waals surface area contributed by atoms with Crippen molar-refractivity contribution in [3.63, 3.8) is 0 Å². The van der Waals surface area contributed by atoms with Gasteiger partial charge in [0, 0.05) is 18.2 Å². The van der Waals surface area contributed by atoms with E-state index in [1.807, 2.05) is 0 Å². The van der Waals surface area contributed by atoms with Crippen LogP contribution in [0.2, 0.25) is 0 Å². The number of carbonyl (C=O) groups excluding carboxylic acids is 1. The summed E-state index contributed by atoms with van der Waals surface area (Å²) in [7, 11) is 0. The van der Waals surface area contributed by atoms with Crippen LogP contribution < -0.4 is 10.6 Å². The van der Waals surface area contributed by atoms with Crippen LogP contribution in [0.3, 0.4) is 0 Å². The van der Waals surface area contributed by atoms with Crippen molar-refractivity contribution in [2.75, 3.05) is 13.1 Å². The van der Waals surface area contributed by atoms with Gasteiger partial charge in [0.2, 0.25) is 0 Å². The molecule has 1 amide bonds. The first-order valence-electron chi connectivity index (χ1n) is 7.51. The summed E-state index contributed by atoms with van der Waals surface area (Å²) in [4.78, 5) is 12.3. The SMILES string of the molecule is CC1CCNCC1NC(=O)c1ccc(-c2ccc(F)cc2)o1. The summed E-state index contributed by atoms with van der Waals surface area (Å²) in [5.74, 6) is 0.759. The van der Waals surface area contributed by atoms with E-state index in [1.165, 1.54) is 12.1 Å². The standard InChI is InChI=1S/C17H19FN2O2/c1-11-8-9-19-10-14(11)20-17(21)16-7-6-15(22-16)12-2-4-13(18)5-3-12/h2-7,11,14,19H,8-10H2,1H3,(H,20,21). The van der Waals surface area contributed by atoms with Gasteiger partial charge in [-0.3, -0.25) is 4.79 Å². The number of hydrogen-bond acceptors (Lipinski definition) is 3. The molecule has 1 aromatic carbocycles. The molecule has 5 heteroatoms. The van der Waals surface area contributed by atoms with Gasteiger partial charge in [0.25, 0.3) is 5.91 Å². The highest BCUT2D eigenvalue weighted by atomic mass is 19.1. The molecular formula is C17H19FN2O2. The van der Waals surface area contributed by atoms with E-state index >= 15 is 0 Å². The van der Waals surface area contributed by atoms with Crippen molar-refractivity contribution in [1.29, 1.82) is 0 Å². The zero-order valence-corrected chi connectivity index (χ0v) is 12.4.